The number of para-hydroxylation sites is 1. The van der Waals surface area contributed by atoms with Crippen LogP contribution in [-0.4, -0.2) is 288 Å². The molecular formula is C79H121N17O23S5. The summed E-state index contributed by atoms with van der Waals surface area (Å²) in [4.78, 5) is 249. The van der Waals surface area contributed by atoms with E-state index < -0.39 is 253 Å². The number of aliphatic hydroxyl groups excluding tert-OH is 1. The van der Waals surface area contributed by atoms with E-state index >= 15 is 0 Å². The highest BCUT2D eigenvalue weighted by Crippen LogP contribution is 2.22. The van der Waals surface area contributed by atoms with Crippen LogP contribution in [-0.2, 0) is 99.1 Å². The summed E-state index contributed by atoms with van der Waals surface area (Å²) >= 11 is 9.45. The van der Waals surface area contributed by atoms with Gasteiger partial charge in [-0.15, -0.1) is 0 Å². The minimum Gasteiger partial charge on any atom is -0.508 e. The third-order valence-electron chi connectivity index (χ3n) is 19.2. The second-order valence-corrected chi connectivity index (χ2v) is 34.7. The molecule has 2 aromatic carbocycles. The molecule has 1 aromatic heterocycles. The predicted octanol–water partition coefficient (Wildman–Crippen LogP) is -2.22. The molecule has 0 aliphatic heterocycles. The van der Waals surface area contributed by atoms with Gasteiger partial charge in [0.05, 0.1) is 19.1 Å². The van der Waals surface area contributed by atoms with Gasteiger partial charge >= 0.3 is 17.9 Å². The SMILES string of the molecule is CSCC[C@H](NC(=O)[C@H](CCC(=O)O)NC(=O)[C@H](Cc1c[nH]c2ccccc12)NC(=O)[C@@H](NC(=O)[C@H](CC(=O)O)NC(=O)[C@@H](N)CCSC)C(C)C)C(=O)N[C@@H](CCSC)C(=O)N[C@@H](CCSC)C(=O)N[C@H](C(=O)N[C@@H](CO)C(=O)N[C@@H](CC(C)C)C(=O)N[C@@H](C)C(=O)N[C@@H](CS)C(=O)N[C@@H](CCC(N)=O)C(=O)N[C@@H](Cc1ccc(O)cc1)C(=O)O)C(C)C. The number of nitrogens with two attached hydrogens (primary N) is 2. The summed E-state index contributed by atoms with van der Waals surface area (Å²) in [6, 6.07) is -10.3. The van der Waals surface area contributed by atoms with E-state index in [2.05, 4.69) is 92.0 Å². The fraction of sp³-hybridized carbons (Fsp3) is 0.595. The Morgan fingerprint density at radius 2 is 0.798 bits per heavy atom. The van der Waals surface area contributed by atoms with E-state index in [4.69, 9.17) is 11.5 Å². The summed E-state index contributed by atoms with van der Waals surface area (Å²) in [7, 11) is 0. The Bertz CT molecular complexity index is 4130. The number of aliphatic hydroxyl groups is 1. The van der Waals surface area contributed by atoms with E-state index in [1.54, 1.807) is 97.0 Å². The highest BCUT2D eigenvalue weighted by molar-refractivity contribution is 7.99. The maximum atomic E-state index is 14.8. The van der Waals surface area contributed by atoms with Crippen LogP contribution in [0.15, 0.2) is 54.7 Å². The number of thioether (sulfide) groups is 4. The lowest BCUT2D eigenvalue weighted by Crippen LogP contribution is -2.62. The number of benzene rings is 2. The number of aromatic amines is 1. The maximum absolute atomic E-state index is 14.8. The standard InChI is InChI=1S/C79H121N17O23S5/c1-39(2)32-54(72(111)83-42(7)65(104)94-59(38-120)76(115)85-49(20-22-60(81)99)68(107)92-57(79(118)119)33-43-16-18-45(98)19-17-43)90-75(114)58(37-97)93-78(117)64(41(5)6)95-71(110)53(27-31-124-11)88-70(109)52(26-30-123-10)87-69(108)51(25-29-122-9)86-67(106)50(21-23-61(100)101)84-73(112)55(34-44-36-82-48-15-13-12-14-46(44)48)91-77(116)63(40(3)4)96-74(113)56(35-62(102)103)89-66(105)47(80)24-28-121-8/h12-19,36,39-42,47,49-59,63-64,82,97-98,120H,20-35,37-38,80H2,1-11H3,(H2,81,99)(H,83,111)(H,84,112)(H,85,115)(H,86,106)(H,87,108)(H,88,109)(H,89,105)(H,90,114)(H,91,116)(H,92,107)(H,93,117)(H,94,104)(H,95,110)(H,96,113)(H,100,101)(H,102,103)(H,118,119)/t42-,47-,49-,50-,51-,52-,53-,54-,55-,56-,57-,58-,59-,63-,64-/m0/s1. The van der Waals surface area contributed by atoms with E-state index in [1.807, 2.05) is 0 Å². The summed E-state index contributed by atoms with van der Waals surface area (Å²) in [6.07, 6.45) is 4.89. The minimum absolute atomic E-state index is 0.0498. The molecule has 0 saturated carbocycles. The van der Waals surface area contributed by atoms with Crippen molar-refractivity contribution < 1.29 is 112 Å². The van der Waals surface area contributed by atoms with E-state index in [-0.39, 0.29) is 73.9 Å². The van der Waals surface area contributed by atoms with Gasteiger partial charge in [-0.3, -0.25) is 81.5 Å². The molecule has 690 valence electrons. The Morgan fingerprint density at radius 3 is 1.24 bits per heavy atom. The Balaban J connectivity index is 1.86. The average molecular weight is 1840 g/mol. The molecule has 0 spiro atoms. The van der Waals surface area contributed by atoms with Crippen molar-refractivity contribution >= 4 is 177 Å². The molecule has 0 aliphatic rings. The van der Waals surface area contributed by atoms with Crippen molar-refractivity contribution in [2.24, 2.45) is 29.2 Å². The van der Waals surface area contributed by atoms with Crippen LogP contribution in [0.5, 0.6) is 5.75 Å². The van der Waals surface area contributed by atoms with Crippen LogP contribution in [0.2, 0.25) is 0 Å². The van der Waals surface area contributed by atoms with Crippen molar-refractivity contribution in [2.45, 2.75) is 216 Å². The number of thiol groups is 1. The average Bonchev–Trinajstić information content (AvgIpc) is 1.53. The number of carbonyl (C=O) groups is 18. The first kappa shape index (κ1) is 108. The summed E-state index contributed by atoms with van der Waals surface area (Å²) in [5, 5.41) is 85.5. The Labute approximate surface area is 741 Å². The first-order valence-corrected chi connectivity index (χ1v) is 46.2. The zero-order chi connectivity index (χ0) is 93.2. The van der Waals surface area contributed by atoms with Crippen molar-refractivity contribution in [3.63, 3.8) is 0 Å². The summed E-state index contributed by atoms with van der Waals surface area (Å²) in [5.41, 5.74) is 12.9. The number of amides is 15. The van der Waals surface area contributed by atoms with E-state index in [9.17, 15) is 112 Å². The van der Waals surface area contributed by atoms with E-state index in [1.165, 1.54) is 78.2 Å². The Hall–Kier alpha value is -10.1. The number of rotatable bonds is 59. The van der Waals surface area contributed by atoms with Gasteiger partial charge in [0, 0.05) is 48.5 Å². The number of phenolic OH excluding ortho intramolecular Hbond substituents is 1. The number of phenols is 1. The molecule has 3 aromatic rings. The van der Waals surface area contributed by atoms with Gasteiger partial charge in [0.15, 0.2) is 0 Å². The van der Waals surface area contributed by atoms with Gasteiger partial charge < -0.3 is 116 Å². The number of H-pyrrole nitrogens is 1. The van der Waals surface area contributed by atoms with E-state index in [0.717, 1.165) is 0 Å². The molecule has 0 bridgehead atoms. The molecule has 45 heteroatoms. The topological polar surface area (TPSA) is 645 Å². The van der Waals surface area contributed by atoms with Crippen LogP contribution in [0.3, 0.4) is 0 Å². The number of hydrogen-bond donors (Lipinski definition) is 23. The van der Waals surface area contributed by atoms with Gasteiger partial charge in [-0.1, -0.05) is 71.9 Å². The van der Waals surface area contributed by atoms with Crippen LogP contribution in [0.1, 0.15) is 124 Å². The third kappa shape index (κ3) is 38.2. The normalized spacial score (nSPS) is 14.9. The lowest BCUT2D eigenvalue weighted by Gasteiger charge is -2.29. The molecule has 15 amide bonds. The van der Waals surface area contributed by atoms with Gasteiger partial charge in [-0.2, -0.15) is 59.7 Å². The zero-order valence-electron chi connectivity index (χ0n) is 71.1. The van der Waals surface area contributed by atoms with E-state index in [0.29, 0.717) is 27.8 Å². The summed E-state index contributed by atoms with van der Waals surface area (Å²) in [6.45, 7) is 9.77. The number of hydrogen-bond acceptors (Lipinski definition) is 26. The summed E-state index contributed by atoms with van der Waals surface area (Å²) in [5.74, 6) is -20.0. The lowest BCUT2D eigenvalue weighted by atomic mass is 9.99. The highest BCUT2D eigenvalue weighted by Gasteiger charge is 2.40. The number of aromatic nitrogens is 1. The molecule has 0 saturated heterocycles. The fourth-order valence-electron chi connectivity index (χ4n) is 12.2. The van der Waals surface area contributed by atoms with Crippen LogP contribution in [0.4, 0.5) is 0 Å². The van der Waals surface area contributed by atoms with Crippen LogP contribution < -0.4 is 85.9 Å². The smallest absolute Gasteiger partial charge is 0.326 e. The quantitative estimate of drug-likeness (QED) is 0.0266. The van der Waals surface area contributed by atoms with Gasteiger partial charge in [-0.25, -0.2) is 4.79 Å². The van der Waals surface area contributed by atoms with Crippen LogP contribution in [0.25, 0.3) is 10.9 Å². The number of aliphatic carboxylic acids is 3. The van der Waals surface area contributed by atoms with Crippen molar-refractivity contribution in [1.82, 2.24) is 79.4 Å². The predicted molar refractivity (Wildman–Crippen MR) is 472 cm³/mol. The molecule has 24 N–H and O–H groups in total. The Kier molecular flexibility index (Phi) is 48.8. The number of nitrogens with one attached hydrogen (secondary N) is 15. The molecule has 124 heavy (non-hydrogen) atoms. The fourth-order valence-corrected chi connectivity index (χ4v) is 14.4. The third-order valence-corrected chi connectivity index (χ3v) is 22.2. The molecule has 0 fully saturated rings. The molecule has 0 unspecified atom stereocenters. The van der Waals surface area contributed by atoms with Gasteiger partial charge in [-0.05, 0) is 147 Å². The van der Waals surface area contributed by atoms with Crippen LogP contribution >= 0.6 is 59.7 Å². The minimum atomic E-state index is -1.78. The van der Waals surface area contributed by atoms with Crippen molar-refractivity contribution in [2.75, 3.05) is 60.4 Å². The maximum Gasteiger partial charge on any atom is 0.326 e. The number of carboxylic acids is 3. The van der Waals surface area contributed by atoms with Crippen molar-refractivity contribution in [3.8, 4) is 5.75 Å². The number of carboxylic acid groups (broad SMARTS) is 3. The number of aromatic hydroxyl groups is 1. The highest BCUT2D eigenvalue weighted by atomic mass is 32.2. The Morgan fingerprint density at radius 1 is 0.411 bits per heavy atom. The summed E-state index contributed by atoms with van der Waals surface area (Å²) < 4.78 is 0. The second kappa shape index (κ2) is 56.0. The molecule has 3 rings (SSSR count). The zero-order valence-corrected chi connectivity index (χ0v) is 75.3. The number of carbonyl (C=O) groups excluding carboxylic acids is 15. The van der Waals surface area contributed by atoms with Crippen molar-refractivity contribution in [3.05, 3.63) is 65.9 Å². The molecule has 15 atom stereocenters. The second-order valence-electron chi connectivity index (χ2n) is 30.4. The molecule has 1 heterocycles. The van der Waals surface area contributed by atoms with Gasteiger partial charge in [0.2, 0.25) is 88.6 Å². The molecule has 0 aliphatic carbocycles. The number of fused-ring (bicyclic) bond motifs is 1. The molecule has 40 nitrogen and oxygen atoms in total. The number of primary amides is 1. The molecule has 0 radical (unpaired) electrons. The molecular weight excluding hydrogens is 1720 g/mol. The lowest BCUT2D eigenvalue weighted by molar-refractivity contribution is -0.142. The van der Waals surface area contributed by atoms with Gasteiger partial charge in [0.25, 0.3) is 0 Å². The van der Waals surface area contributed by atoms with Crippen molar-refractivity contribution in [1.29, 1.82) is 0 Å². The van der Waals surface area contributed by atoms with Gasteiger partial charge in [0.1, 0.15) is 90.3 Å². The van der Waals surface area contributed by atoms with Crippen LogP contribution in [0, 0.1) is 17.8 Å². The largest absolute Gasteiger partial charge is 0.508 e. The monoisotopic (exact) mass is 1840 g/mol. The first-order valence-electron chi connectivity index (χ1n) is 40.0. The first-order chi connectivity index (χ1) is 58.5.